The van der Waals surface area contributed by atoms with E-state index in [0.717, 1.165) is 8.87 Å². The van der Waals surface area contributed by atoms with Crippen LogP contribution in [0.2, 0.25) is 5.28 Å². The van der Waals surface area contributed by atoms with E-state index in [-0.39, 0.29) is 27.9 Å². The minimum Gasteiger partial charge on any atom is -0.304 e. The summed E-state index contributed by atoms with van der Waals surface area (Å²) in [6, 6.07) is 6.36. The molecule has 3 aromatic rings. The van der Waals surface area contributed by atoms with Crippen LogP contribution in [0.25, 0.3) is 11.2 Å². The number of aromatic nitrogens is 4. The molecule has 0 aliphatic rings. The van der Waals surface area contributed by atoms with E-state index < -0.39 is 21.3 Å². The van der Waals surface area contributed by atoms with Gasteiger partial charge in [0.2, 0.25) is 15.3 Å². The van der Waals surface area contributed by atoms with Gasteiger partial charge >= 0.3 is 5.69 Å². The quantitative estimate of drug-likeness (QED) is 0.578. The van der Waals surface area contributed by atoms with E-state index >= 15 is 0 Å². The fourth-order valence-electron chi connectivity index (χ4n) is 2.76. The molecule has 0 saturated heterocycles. The molecule has 3 rings (SSSR count). The van der Waals surface area contributed by atoms with E-state index in [9.17, 15) is 18.0 Å². The minimum absolute atomic E-state index is 0.0316. The van der Waals surface area contributed by atoms with E-state index in [1.54, 1.807) is 12.1 Å². The Hall–Kier alpha value is -2.43. The average molecular weight is 412 g/mol. The molecule has 0 aliphatic heterocycles. The topological polar surface area (TPSA) is 99.2 Å². The summed E-state index contributed by atoms with van der Waals surface area (Å²) in [5.74, 6) is 0. The number of aryl methyl sites for hydroxylation is 1. The molecule has 1 aromatic carbocycles. The Morgan fingerprint density at radius 2 is 1.81 bits per heavy atom. The molecule has 0 amide bonds. The highest BCUT2D eigenvalue weighted by atomic mass is 35.5. The van der Waals surface area contributed by atoms with Gasteiger partial charge < -0.3 is 4.57 Å². The molecule has 0 radical (unpaired) electrons. The van der Waals surface area contributed by atoms with Gasteiger partial charge in [0.1, 0.15) is 0 Å². The van der Waals surface area contributed by atoms with E-state index in [1.165, 1.54) is 49.5 Å². The minimum atomic E-state index is -3.59. The summed E-state index contributed by atoms with van der Waals surface area (Å²) < 4.78 is 29.5. The molecule has 144 valence electrons. The van der Waals surface area contributed by atoms with Crippen molar-refractivity contribution in [3.05, 3.63) is 56.0 Å². The van der Waals surface area contributed by atoms with Gasteiger partial charge in [-0.2, -0.15) is 4.98 Å². The molecule has 2 aromatic heterocycles. The number of sulfonamides is 1. The lowest BCUT2D eigenvalue weighted by atomic mass is 10.2. The normalized spacial score (nSPS) is 12.2. The number of halogens is 1. The number of hydrogen-bond donors (Lipinski definition) is 0. The average Bonchev–Trinajstić information content (AvgIpc) is 2.95. The predicted octanol–water partition coefficient (Wildman–Crippen LogP) is 0.386. The van der Waals surface area contributed by atoms with Crippen LogP contribution in [0.5, 0.6) is 0 Å². The Morgan fingerprint density at radius 1 is 1.15 bits per heavy atom. The van der Waals surface area contributed by atoms with E-state index in [4.69, 9.17) is 11.6 Å². The van der Waals surface area contributed by atoms with Gasteiger partial charge in [-0.1, -0.05) is 12.1 Å². The molecule has 0 bridgehead atoms. The van der Waals surface area contributed by atoms with Crippen molar-refractivity contribution in [2.24, 2.45) is 14.1 Å². The maximum Gasteiger partial charge on any atom is 0.332 e. The van der Waals surface area contributed by atoms with Gasteiger partial charge in [0.15, 0.2) is 11.2 Å². The van der Waals surface area contributed by atoms with E-state index in [1.807, 2.05) is 0 Å². The summed E-state index contributed by atoms with van der Waals surface area (Å²) in [5.41, 5.74) is -0.0665. The Morgan fingerprint density at radius 3 is 2.44 bits per heavy atom. The van der Waals surface area contributed by atoms with Crippen molar-refractivity contribution in [3.63, 3.8) is 0 Å². The van der Waals surface area contributed by atoms with E-state index in [0.29, 0.717) is 5.56 Å². The first-order valence-corrected chi connectivity index (χ1v) is 9.70. The second-order valence-electron chi connectivity index (χ2n) is 6.28. The number of rotatable bonds is 4. The third-order valence-corrected chi connectivity index (χ3v) is 6.42. The Labute approximate surface area is 160 Å². The van der Waals surface area contributed by atoms with Gasteiger partial charge in [-0.15, -0.1) is 0 Å². The van der Waals surface area contributed by atoms with Gasteiger partial charge in [0.05, 0.1) is 11.4 Å². The third-order valence-electron chi connectivity index (χ3n) is 4.32. The number of nitrogens with zero attached hydrogens (tertiary/aromatic N) is 5. The largest absolute Gasteiger partial charge is 0.332 e. The molecular formula is C16H18ClN5O4S. The fourth-order valence-corrected chi connectivity index (χ4v) is 3.96. The molecule has 0 spiro atoms. The Kier molecular flexibility index (Phi) is 4.74. The van der Waals surface area contributed by atoms with Crippen molar-refractivity contribution in [2.75, 3.05) is 14.1 Å². The molecule has 0 unspecified atom stereocenters. The molecule has 27 heavy (non-hydrogen) atoms. The van der Waals surface area contributed by atoms with Crippen LogP contribution in [-0.2, 0) is 30.7 Å². The van der Waals surface area contributed by atoms with Crippen LogP contribution in [0.1, 0.15) is 5.56 Å². The maximum atomic E-state index is 12.6. The number of fused-ring (bicyclic) bond motifs is 1. The smallest absolute Gasteiger partial charge is 0.304 e. The van der Waals surface area contributed by atoms with Crippen LogP contribution in [0, 0.1) is 0 Å². The first kappa shape index (κ1) is 19.3. The fraction of sp³-hybridized carbons (Fsp3) is 0.312. The van der Waals surface area contributed by atoms with Crippen molar-refractivity contribution in [3.8, 4) is 0 Å². The molecule has 0 N–H and O–H groups in total. The lowest BCUT2D eigenvalue weighted by Crippen LogP contribution is -2.37. The maximum absolute atomic E-state index is 12.6. The zero-order valence-corrected chi connectivity index (χ0v) is 16.7. The number of imidazole rings is 1. The van der Waals surface area contributed by atoms with Crippen molar-refractivity contribution >= 4 is 32.8 Å². The first-order chi connectivity index (χ1) is 12.6. The molecule has 0 aliphatic carbocycles. The van der Waals surface area contributed by atoms with Gasteiger partial charge in [-0.05, 0) is 29.3 Å². The predicted molar refractivity (Wildman–Crippen MR) is 102 cm³/mol. The van der Waals surface area contributed by atoms with Crippen LogP contribution in [0.3, 0.4) is 0 Å². The van der Waals surface area contributed by atoms with E-state index in [2.05, 4.69) is 4.98 Å². The second kappa shape index (κ2) is 6.63. The van der Waals surface area contributed by atoms with Crippen molar-refractivity contribution in [1.82, 2.24) is 23.0 Å². The van der Waals surface area contributed by atoms with Gasteiger partial charge in [-0.3, -0.25) is 13.9 Å². The monoisotopic (exact) mass is 411 g/mol. The van der Waals surface area contributed by atoms with Crippen molar-refractivity contribution in [2.45, 2.75) is 11.4 Å². The van der Waals surface area contributed by atoms with Gasteiger partial charge in [0.25, 0.3) is 5.56 Å². The van der Waals surface area contributed by atoms with Crippen LogP contribution in [0.15, 0.2) is 38.8 Å². The first-order valence-electron chi connectivity index (χ1n) is 7.89. The highest BCUT2D eigenvalue weighted by Crippen LogP contribution is 2.20. The SMILES string of the molecule is CN(C)S(=O)(=O)c1cccc(Cn2c(Cl)nc3c2c(=O)n(C)c(=O)n3C)c1. The molecule has 0 atom stereocenters. The zero-order valence-electron chi connectivity index (χ0n) is 15.2. The molecule has 11 heteroatoms. The zero-order chi connectivity index (χ0) is 20.1. The molecule has 0 saturated carbocycles. The molecule has 2 heterocycles. The Bertz CT molecular complexity index is 1270. The van der Waals surface area contributed by atoms with Crippen molar-refractivity contribution < 1.29 is 8.42 Å². The lowest BCUT2D eigenvalue weighted by molar-refractivity contribution is 0.520. The van der Waals surface area contributed by atoms with Crippen molar-refractivity contribution in [1.29, 1.82) is 0 Å². The molecule has 9 nitrogen and oxygen atoms in total. The van der Waals surface area contributed by atoms with Crippen LogP contribution < -0.4 is 11.2 Å². The highest BCUT2D eigenvalue weighted by molar-refractivity contribution is 7.89. The summed E-state index contributed by atoms with van der Waals surface area (Å²) in [6.07, 6.45) is 0. The van der Waals surface area contributed by atoms with Crippen LogP contribution in [0.4, 0.5) is 0 Å². The summed E-state index contributed by atoms with van der Waals surface area (Å²) in [6.45, 7) is 0.125. The molecular weight excluding hydrogens is 394 g/mol. The number of hydrogen-bond acceptors (Lipinski definition) is 5. The Balaban J connectivity index is 2.18. The van der Waals surface area contributed by atoms with Gasteiger partial charge in [-0.25, -0.2) is 17.5 Å². The second-order valence-corrected chi connectivity index (χ2v) is 8.77. The lowest BCUT2D eigenvalue weighted by Gasteiger charge is -2.13. The standard InChI is InChI=1S/C16H18ClN5O4S/c1-19(2)27(25,26)11-7-5-6-10(8-11)9-22-12-13(18-15(22)17)20(3)16(24)21(4)14(12)23/h5-8H,9H2,1-4H3. The summed E-state index contributed by atoms with van der Waals surface area (Å²) in [7, 11) is 2.18. The third kappa shape index (κ3) is 3.09. The molecule has 0 fully saturated rings. The highest BCUT2D eigenvalue weighted by Gasteiger charge is 2.20. The summed E-state index contributed by atoms with van der Waals surface area (Å²) >= 11 is 6.21. The summed E-state index contributed by atoms with van der Waals surface area (Å²) in [5, 5.41) is 0.0316. The van der Waals surface area contributed by atoms with Gasteiger partial charge in [0, 0.05) is 28.2 Å². The summed E-state index contributed by atoms with van der Waals surface area (Å²) in [4.78, 5) is 28.9. The van der Waals surface area contributed by atoms with Crippen LogP contribution >= 0.6 is 11.6 Å². The number of benzene rings is 1. The van der Waals surface area contributed by atoms with Crippen LogP contribution in [-0.4, -0.2) is 45.5 Å².